The summed E-state index contributed by atoms with van der Waals surface area (Å²) < 4.78 is 0. The summed E-state index contributed by atoms with van der Waals surface area (Å²) in [4.78, 5) is 4.55. The van der Waals surface area contributed by atoms with Crippen LogP contribution in [0, 0.1) is 0 Å². The molecular weight excluding hydrogens is 263 g/mol. The topological polar surface area (TPSA) is 24.4 Å². The molecule has 0 bridgehead atoms. The molecule has 86 valence electrons. The van der Waals surface area contributed by atoms with Crippen molar-refractivity contribution in [2.24, 2.45) is 4.99 Å². The van der Waals surface area contributed by atoms with E-state index >= 15 is 0 Å². The number of nitrogens with one attached hydrogen (secondary N) is 1. The number of rotatable bonds is 2. The van der Waals surface area contributed by atoms with Gasteiger partial charge in [0.15, 0.2) is 5.17 Å². The van der Waals surface area contributed by atoms with Gasteiger partial charge in [-0.25, -0.2) is 0 Å². The van der Waals surface area contributed by atoms with E-state index in [0.717, 1.165) is 23.0 Å². The van der Waals surface area contributed by atoms with E-state index in [1.54, 1.807) is 17.8 Å². The maximum atomic E-state index is 5.94. The fourth-order valence-corrected chi connectivity index (χ4v) is 2.76. The van der Waals surface area contributed by atoms with Crippen molar-refractivity contribution >= 4 is 45.8 Å². The van der Waals surface area contributed by atoms with Gasteiger partial charge in [0.2, 0.25) is 0 Å². The van der Waals surface area contributed by atoms with E-state index in [1.807, 2.05) is 12.1 Å². The minimum atomic E-state index is 0.440. The third kappa shape index (κ3) is 2.84. The molecule has 1 aliphatic heterocycles. The van der Waals surface area contributed by atoms with Crippen molar-refractivity contribution in [2.45, 2.75) is 19.4 Å². The number of hydrogen-bond donors (Lipinski definition) is 1. The summed E-state index contributed by atoms with van der Waals surface area (Å²) in [5.41, 5.74) is 0.928. The van der Waals surface area contributed by atoms with Crippen LogP contribution in [-0.2, 0) is 0 Å². The second-order valence-electron chi connectivity index (χ2n) is 3.56. The molecule has 0 saturated carbocycles. The maximum Gasteiger partial charge on any atom is 0.161 e. The van der Waals surface area contributed by atoms with Gasteiger partial charge >= 0.3 is 0 Å². The standard InChI is InChI=1S/C11H12Cl2N2S/c1-2-7-6-16-11(14-7)15-8-3-4-9(12)10(13)5-8/h3-5,7H,2,6H2,1H3,(H,14,15). The highest BCUT2D eigenvalue weighted by atomic mass is 35.5. The van der Waals surface area contributed by atoms with Crippen molar-refractivity contribution in [2.75, 3.05) is 11.1 Å². The van der Waals surface area contributed by atoms with E-state index < -0.39 is 0 Å². The molecule has 1 heterocycles. The number of nitrogens with zero attached hydrogens (tertiary/aromatic N) is 1. The van der Waals surface area contributed by atoms with Crippen LogP contribution in [0.1, 0.15) is 13.3 Å². The van der Waals surface area contributed by atoms with Gasteiger partial charge in [-0.2, -0.15) is 0 Å². The first-order valence-electron chi connectivity index (χ1n) is 5.11. The number of aliphatic imine (C=N–C) groups is 1. The molecule has 2 nitrogen and oxygen atoms in total. The Morgan fingerprint density at radius 2 is 2.25 bits per heavy atom. The number of benzene rings is 1. The Balaban J connectivity index is 2.07. The Bertz CT molecular complexity index is 420. The van der Waals surface area contributed by atoms with Gasteiger partial charge in [0, 0.05) is 11.4 Å². The fourth-order valence-electron chi connectivity index (χ4n) is 1.39. The molecule has 0 radical (unpaired) electrons. The normalized spacial score (nSPS) is 19.7. The van der Waals surface area contributed by atoms with Crippen LogP contribution in [0.2, 0.25) is 10.0 Å². The predicted octanol–water partition coefficient (Wildman–Crippen LogP) is 4.29. The van der Waals surface area contributed by atoms with Gasteiger partial charge in [-0.1, -0.05) is 41.9 Å². The minimum Gasteiger partial charge on any atom is -0.335 e. The summed E-state index contributed by atoms with van der Waals surface area (Å²) >= 11 is 13.5. The molecule has 0 aromatic heterocycles. The molecule has 0 fully saturated rings. The molecule has 1 atom stereocenters. The van der Waals surface area contributed by atoms with E-state index in [9.17, 15) is 0 Å². The van der Waals surface area contributed by atoms with Crippen LogP contribution in [0.15, 0.2) is 23.2 Å². The summed E-state index contributed by atoms with van der Waals surface area (Å²) in [6.07, 6.45) is 1.08. The lowest BCUT2D eigenvalue weighted by molar-refractivity contribution is 0.738. The molecule has 0 aliphatic carbocycles. The molecule has 0 saturated heterocycles. The number of halogens is 2. The van der Waals surface area contributed by atoms with E-state index in [4.69, 9.17) is 23.2 Å². The Hall–Kier alpha value is -0.380. The van der Waals surface area contributed by atoms with Crippen LogP contribution >= 0.6 is 35.0 Å². The second-order valence-corrected chi connectivity index (χ2v) is 5.38. The second kappa shape index (κ2) is 5.30. The molecule has 2 rings (SSSR count). The Morgan fingerprint density at radius 1 is 1.44 bits per heavy atom. The third-order valence-electron chi connectivity index (χ3n) is 2.35. The average Bonchev–Trinajstić information content (AvgIpc) is 2.71. The zero-order valence-corrected chi connectivity index (χ0v) is 11.2. The van der Waals surface area contributed by atoms with E-state index in [-0.39, 0.29) is 0 Å². The maximum absolute atomic E-state index is 5.94. The molecule has 1 N–H and O–H groups in total. The highest BCUT2D eigenvalue weighted by Gasteiger charge is 2.16. The minimum absolute atomic E-state index is 0.440. The highest BCUT2D eigenvalue weighted by molar-refractivity contribution is 8.14. The largest absolute Gasteiger partial charge is 0.335 e. The van der Waals surface area contributed by atoms with Gasteiger partial charge < -0.3 is 5.32 Å². The number of thioether (sulfide) groups is 1. The van der Waals surface area contributed by atoms with Crippen molar-refractivity contribution in [3.05, 3.63) is 28.2 Å². The summed E-state index contributed by atoms with van der Waals surface area (Å²) in [6, 6.07) is 5.93. The van der Waals surface area contributed by atoms with Gasteiger partial charge in [0.05, 0.1) is 16.1 Å². The first-order chi connectivity index (χ1) is 7.69. The highest BCUT2D eigenvalue weighted by Crippen LogP contribution is 2.27. The smallest absolute Gasteiger partial charge is 0.161 e. The van der Waals surface area contributed by atoms with Crippen LogP contribution in [0.5, 0.6) is 0 Å². The molecule has 1 aromatic carbocycles. The van der Waals surface area contributed by atoms with Crippen LogP contribution in [0.25, 0.3) is 0 Å². The number of amidine groups is 1. The van der Waals surface area contributed by atoms with Crippen LogP contribution in [-0.4, -0.2) is 17.0 Å². The first kappa shape index (κ1) is 12.1. The molecule has 1 unspecified atom stereocenters. The molecule has 1 aromatic rings. The van der Waals surface area contributed by atoms with Crippen LogP contribution in [0.3, 0.4) is 0 Å². The van der Waals surface area contributed by atoms with Gasteiger partial charge in [0.1, 0.15) is 0 Å². The summed E-state index contributed by atoms with van der Waals surface area (Å²) in [5, 5.41) is 5.33. The fraction of sp³-hybridized carbons (Fsp3) is 0.364. The Kier molecular flexibility index (Phi) is 4.00. The van der Waals surface area contributed by atoms with Gasteiger partial charge in [-0.05, 0) is 24.6 Å². The molecular formula is C11H12Cl2N2S. The molecule has 0 spiro atoms. The van der Waals surface area contributed by atoms with E-state index in [2.05, 4.69) is 17.2 Å². The molecule has 5 heteroatoms. The molecule has 1 aliphatic rings. The van der Waals surface area contributed by atoms with Gasteiger partial charge in [0.25, 0.3) is 0 Å². The van der Waals surface area contributed by atoms with Crippen molar-refractivity contribution in [3.8, 4) is 0 Å². The lowest BCUT2D eigenvalue weighted by Crippen LogP contribution is -2.05. The average molecular weight is 275 g/mol. The Morgan fingerprint density at radius 3 is 2.88 bits per heavy atom. The zero-order chi connectivity index (χ0) is 11.5. The van der Waals surface area contributed by atoms with Crippen LogP contribution in [0.4, 0.5) is 5.69 Å². The quantitative estimate of drug-likeness (QED) is 0.870. The molecule has 0 amide bonds. The van der Waals surface area contributed by atoms with Crippen molar-refractivity contribution in [1.82, 2.24) is 0 Å². The van der Waals surface area contributed by atoms with Gasteiger partial charge in [-0.3, -0.25) is 4.99 Å². The Labute approximate surface area is 109 Å². The number of anilines is 1. The van der Waals surface area contributed by atoms with E-state index in [1.165, 1.54) is 0 Å². The lowest BCUT2D eigenvalue weighted by Gasteiger charge is -2.05. The predicted molar refractivity (Wildman–Crippen MR) is 74.1 cm³/mol. The number of hydrogen-bond acceptors (Lipinski definition) is 3. The first-order valence-corrected chi connectivity index (χ1v) is 6.86. The van der Waals surface area contributed by atoms with Crippen molar-refractivity contribution in [1.29, 1.82) is 0 Å². The zero-order valence-electron chi connectivity index (χ0n) is 8.84. The summed E-state index contributed by atoms with van der Waals surface area (Å²) in [7, 11) is 0. The SMILES string of the molecule is CCC1CSC(Nc2ccc(Cl)c(Cl)c2)=N1. The summed E-state index contributed by atoms with van der Waals surface area (Å²) in [5.74, 6) is 1.06. The third-order valence-corrected chi connectivity index (χ3v) is 4.13. The van der Waals surface area contributed by atoms with Gasteiger partial charge in [-0.15, -0.1) is 0 Å². The van der Waals surface area contributed by atoms with Crippen molar-refractivity contribution < 1.29 is 0 Å². The molecule has 16 heavy (non-hydrogen) atoms. The lowest BCUT2D eigenvalue weighted by atomic mass is 10.3. The summed E-state index contributed by atoms with van der Waals surface area (Å²) in [6.45, 7) is 2.15. The van der Waals surface area contributed by atoms with Crippen LogP contribution < -0.4 is 5.32 Å². The van der Waals surface area contributed by atoms with Crippen molar-refractivity contribution in [3.63, 3.8) is 0 Å². The van der Waals surface area contributed by atoms with E-state index in [0.29, 0.717) is 16.1 Å². The monoisotopic (exact) mass is 274 g/mol.